The third kappa shape index (κ3) is 5.23. The Morgan fingerprint density at radius 1 is 1.36 bits per heavy atom. The maximum atomic E-state index is 12.1. The molecule has 0 unspecified atom stereocenters. The maximum absolute atomic E-state index is 12.1. The molecule has 0 radical (unpaired) electrons. The average Bonchev–Trinajstić information content (AvgIpc) is 2.97. The van der Waals surface area contributed by atoms with Gasteiger partial charge in [-0.1, -0.05) is 39.8 Å². The topological polar surface area (TPSA) is 57.0 Å². The van der Waals surface area contributed by atoms with Gasteiger partial charge in [0.05, 0.1) is 6.61 Å². The fraction of sp³-hybridized carbons (Fsp3) is 0.400. The molecule has 0 aliphatic carbocycles. The summed E-state index contributed by atoms with van der Waals surface area (Å²) in [6, 6.07) is 7.47. The molecular formula is C15H18BrN3O2S. The van der Waals surface area contributed by atoms with Crippen molar-refractivity contribution in [2.24, 2.45) is 0 Å². The molecule has 2 rings (SSSR count). The first kappa shape index (κ1) is 17.2. The lowest BCUT2D eigenvalue weighted by molar-refractivity contribution is 0.0982. The molecule has 0 aliphatic rings. The smallest absolute Gasteiger partial charge is 0.191 e. The van der Waals surface area contributed by atoms with Gasteiger partial charge in [0.15, 0.2) is 10.9 Å². The molecule has 2 aromatic rings. The Balaban J connectivity index is 1.74. The third-order valence-electron chi connectivity index (χ3n) is 3.06. The molecule has 0 amide bonds. The summed E-state index contributed by atoms with van der Waals surface area (Å²) < 4.78 is 8.00. The predicted molar refractivity (Wildman–Crippen MR) is 90.3 cm³/mol. The van der Waals surface area contributed by atoms with E-state index < -0.39 is 0 Å². The second-order valence-corrected chi connectivity index (χ2v) is 6.66. The fourth-order valence-corrected chi connectivity index (χ4v) is 3.02. The van der Waals surface area contributed by atoms with Crippen LogP contribution in [0, 0.1) is 0 Å². The SMILES string of the molecule is COCCn1cnnc1SCCCC(=O)c1ccc(Br)cc1. The van der Waals surface area contributed by atoms with Crippen LogP contribution in [0.1, 0.15) is 23.2 Å². The van der Waals surface area contributed by atoms with E-state index in [9.17, 15) is 4.79 Å². The number of nitrogens with zero attached hydrogens (tertiary/aromatic N) is 3. The second-order valence-electron chi connectivity index (χ2n) is 4.68. The minimum atomic E-state index is 0.175. The van der Waals surface area contributed by atoms with E-state index >= 15 is 0 Å². The highest BCUT2D eigenvalue weighted by atomic mass is 79.9. The molecule has 1 aromatic carbocycles. The molecule has 5 nitrogen and oxygen atoms in total. The van der Waals surface area contributed by atoms with Crippen LogP contribution in [0.15, 0.2) is 40.2 Å². The number of ether oxygens (including phenoxy) is 1. The number of thioether (sulfide) groups is 1. The summed E-state index contributed by atoms with van der Waals surface area (Å²) in [5.41, 5.74) is 0.761. The Labute approximate surface area is 142 Å². The predicted octanol–water partition coefficient (Wildman–Crippen LogP) is 3.44. The summed E-state index contributed by atoms with van der Waals surface area (Å²) in [6.45, 7) is 1.37. The van der Waals surface area contributed by atoms with Gasteiger partial charge >= 0.3 is 0 Å². The van der Waals surface area contributed by atoms with Crippen LogP contribution in [0.25, 0.3) is 0 Å². The molecule has 22 heavy (non-hydrogen) atoms. The quantitative estimate of drug-likeness (QED) is 0.377. The molecule has 0 saturated heterocycles. The van der Waals surface area contributed by atoms with Crippen LogP contribution >= 0.6 is 27.7 Å². The van der Waals surface area contributed by atoms with Gasteiger partial charge < -0.3 is 9.30 Å². The van der Waals surface area contributed by atoms with E-state index in [1.165, 1.54) is 0 Å². The highest BCUT2D eigenvalue weighted by Gasteiger charge is 2.08. The molecule has 0 aliphatic heterocycles. The van der Waals surface area contributed by atoms with Gasteiger partial charge in [-0.15, -0.1) is 10.2 Å². The zero-order chi connectivity index (χ0) is 15.8. The van der Waals surface area contributed by atoms with Crippen molar-refractivity contribution in [3.05, 3.63) is 40.6 Å². The molecule has 0 saturated carbocycles. The van der Waals surface area contributed by atoms with Crippen LogP contribution in [-0.2, 0) is 11.3 Å². The van der Waals surface area contributed by atoms with E-state index in [-0.39, 0.29) is 5.78 Å². The van der Waals surface area contributed by atoms with E-state index in [0.717, 1.165) is 33.9 Å². The first-order valence-electron chi connectivity index (χ1n) is 6.99. The maximum Gasteiger partial charge on any atom is 0.191 e. The number of rotatable bonds is 9. The highest BCUT2D eigenvalue weighted by molar-refractivity contribution is 9.10. The van der Waals surface area contributed by atoms with Crippen molar-refractivity contribution in [2.75, 3.05) is 19.5 Å². The van der Waals surface area contributed by atoms with Crippen molar-refractivity contribution in [3.8, 4) is 0 Å². The van der Waals surface area contributed by atoms with Crippen molar-refractivity contribution >= 4 is 33.5 Å². The average molecular weight is 384 g/mol. The Morgan fingerprint density at radius 3 is 2.86 bits per heavy atom. The van der Waals surface area contributed by atoms with E-state index in [1.54, 1.807) is 25.2 Å². The molecule has 1 aromatic heterocycles. The molecule has 118 valence electrons. The largest absolute Gasteiger partial charge is 0.383 e. The Morgan fingerprint density at radius 2 is 2.14 bits per heavy atom. The lowest BCUT2D eigenvalue weighted by atomic mass is 10.1. The Bertz CT molecular complexity index is 601. The minimum Gasteiger partial charge on any atom is -0.383 e. The monoisotopic (exact) mass is 383 g/mol. The number of ketones is 1. The molecule has 0 N–H and O–H groups in total. The zero-order valence-electron chi connectivity index (χ0n) is 12.4. The number of carbonyl (C=O) groups is 1. The first-order valence-corrected chi connectivity index (χ1v) is 8.77. The number of hydrogen-bond donors (Lipinski definition) is 0. The van der Waals surface area contributed by atoms with Crippen LogP contribution in [-0.4, -0.2) is 40.0 Å². The molecule has 0 spiro atoms. The zero-order valence-corrected chi connectivity index (χ0v) is 14.8. The number of hydrogen-bond acceptors (Lipinski definition) is 5. The normalized spacial score (nSPS) is 10.8. The van der Waals surface area contributed by atoms with Gasteiger partial charge in [-0.2, -0.15) is 0 Å². The highest BCUT2D eigenvalue weighted by Crippen LogP contribution is 2.18. The van der Waals surface area contributed by atoms with E-state index in [2.05, 4.69) is 26.1 Å². The number of methoxy groups -OCH3 is 1. The lowest BCUT2D eigenvalue weighted by Crippen LogP contribution is -2.05. The third-order valence-corrected chi connectivity index (χ3v) is 4.66. The van der Waals surface area contributed by atoms with Crippen LogP contribution in [0.2, 0.25) is 0 Å². The molecule has 1 heterocycles. The summed E-state index contributed by atoms with van der Waals surface area (Å²) in [5.74, 6) is 1.02. The standard InChI is InChI=1S/C15H18BrN3O2S/c1-21-9-8-19-11-17-18-15(19)22-10-2-3-14(20)12-4-6-13(16)7-5-12/h4-7,11H,2-3,8-10H2,1H3. The van der Waals surface area contributed by atoms with Gasteiger partial charge in [0.25, 0.3) is 0 Å². The van der Waals surface area contributed by atoms with Crippen molar-refractivity contribution in [2.45, 2.75) is 24.5 Å². The molecule has 0 bridgehead atoms. The second kappa shape index (κ2) is 9.07. The molecule has 0 fully saturated rings. The number of aromatic nitrogens is 3. The van der Waals surface area contributed by atoms with E-state index in [4.69, 9.17) is 4.74 Å². The van der Waals surface area contributed by atoms with Crippen molar-refractivity contribution in [3.63, 3.8) is 0 Å². The van der Waals surface area contributed by atoms with Crippen LogP contribution < -0.4 is 0 Å². The fourth-order valence-electron chi connectivity index (χ4n) is 1.88. The lowest BCUT2D eigenvalue weighted by Gasteiger charge is -2.05. The van der Waals surface area contributed by atoms with Gasteiger partial charge in [0.1, 0.15) is 6.33 Å². The van der Waals surface area contributed by atoms with E-state index in [0.29, 0.717) is 13.0 Å². The van der Waals surface area contributed by atoms with Crippen molar-refractivity contribution in [1.82, 2.24) is 14.8 Å². The molecular weight excluding hydrogens is 366 g/mol. The Kier molecular flexibility index (Phi) is 7.08. The number of Topliss-reactive ketones (excluding diaryl/α,β-unsaturated/α-hetero) is 1. The number of halogens is 1. The van der Waals surface area contributed by atoms with Crippen LogP contribution in [0.3, 0.4) is 0 Å². The Hall–Kier alpha value is -1.18. The minimum absolute atomic E-state index is 0.175. The number of carbonyl (C=O) groups excluding carboxylic acids is 1. The first-order chi connectivity index (χ1) is 10.7. The van der Waals surface area contributed by atoms with Crippen molar-refractivity contribution in [1.29, 1.82) is 0 Å². The summed E-state index contributed by atoms with van der Waals surface area (Å²) in [4.78, 5) is 12.1. The molecule has 7 heteroatoms. The summed E-state index contributed by atoms with van der Waals surface area (Å²) in [7, 11) is 1.67. The van der Waals surface area contributed by atoms with E-state index in [1.807, 2.05) is 28.8 Å². The van der Waals surface area contributed by atoms with Crippen molar-refractivity contribution < 1.29 is 9.53 Å². The van der Waals surface area contributed by atoms with Gasteiger partial charge in [-0.25, -0.2) is 0 Å². The molecule has 0 atom stereocenters. The summed E-state index contributed by atoms with van der Waals surface area (Å²) in [6.07, 6.45) is 3.06. The summed E-state index contributed by atoms with van der Waals surface area (Å²) >= 11 is 4.98. The van der Waals surface area contributed by atoms with Gasteiger partial charge in [-0.3, -0.25) is 4.79 Å². The number of benzene rings is 1. The van der Waals surface area contributed by atoms with Gasteiger partial charge in [0, 0.05) is 35.9 Å². The van der Waals surface area contributed by atoms with Crippen LogP contribution in [0.4, 0.5) is 0 Å². The van der Waals surface area contributed by atoms with Gasteiger partial charge in [-0.05, 0) is 18.6 Å². The van der Waals surface area contributed by atoms with Crippen LogP contribution in [0.5, 0.6) is 0 Å². The van der Waals surface area contributed by atoms with Gasteiger partial charge in [0.2, 0.25) is 0 Å². The summed E-state index contributed by atoms with van der Waals surface area (Å²) in [5, 5.41) is 8.86.